The molecule has 0 N–H and O–H groups in total. The van der Waals surface area contributed by atoms with E-state index in [0.717, 1.165) is 5.56 Å². The second kappa shape index (κ2) is 14.1. The normalized spacial score (nSPS) is 8.46. The Morgan fingerprint density at radius 3 is 1.38 bits per heavy atom. The molecule has 0 radical (unpaired) electrons. The maximum Gasteiger partial charge on any atom is 0.0443 e. The summed E-state index contributed by atoms with van der Waals surface area (Å²) in [6.07, 6.45) is 0. The zero-order valence-electron chi connectivity index (χ0n) is 14.2. The van der Waals surface area contributed by atoms with Gasteiger partial charge in [-0.2, -0.15) is 66.7 Å². The molecular weight excluding hydrogens is 404 g/mol. The fourth-order valence-corrected chi connectivity index (χ4v) is 2.05. The number of rotatable bonds is 3. The number of allylic oxidation sites excluding steroid dienone is 1. The summed E-state index contributed by atoms with van der Waals surface area (Å²) in [5, 5.41) is 0. The summed E-state index contributed by atoms with van der Waals surface area (Å²) in [5.41, 5.74) is 2.16. The third-order valence-electron chi connectivity index (χ3n) is 3.32. The first-order valence-electron chi connectivity index (χ1n) is 7.80. The standard InChI is InChI=1S/C13H10O.2C5H5.2Fe/c1-10(11-6-2-3-7-11)13(14)12-8-4-5-9-12;2*1-2-4-5-3-1;;/h2-9H,1H2;2*1-5H;;/q-2;-5;-1;;. The number of Topliss-reactive ketones (excluding diaryl/α,β-unsaturated/α-hetero) is 1. The fourth-order valence-electron chi connectivity index (χ4n) is 2.05. The van der Waals surface area contributed by atoms with Gasteiger partial charge in [0.1, 0.15) is 0 Å². The van der Waals surface area contributed by atoms with E-state index in [1.54, 1.807) is 12.1 Å². The topological polar surface area (TPSA) is 17.1 Å². The number of carbonyl (C=O) groups excluding carboxylic acids is 1. The van der Waals surface area contributed by atoms with Crippen molar-refractivity contribution in [3.63, 3.8) is 0 Å². The minimum Gasteiger partial charge on any atom is -0.748 e. The van der Waals surface area contributed by atoms with E-state index in [1.807, 2.05) is 97.1 Å². The zero-order chi connectivity index (χ0) is 17.0. The van der Waals surface area contributed by atoms with Crippen molar-refractivity contribution < 1.29 is 38.9 Å². The molecule has 0 aromatic heterocycles. The molecule has 4 rings (SSSR count). The molecule has 0 amide bonds. The van der Waals surface area contributed by atoms with Crippen LogP contribution in [0.1, 0.15) is 15.9 Å². The molecule has 4 aromatic carbocycles. The predicted molar refractivity (Wildman–Crippen MR) is 102 cm³/mol. The van der Waals surface area contributed by atoms with Crippen molar-refractivity contribution in [3.8, 4) is 0 Å². The van der Waals surface area contributed by atoms with E-state index in [0.29, 0.717) is 11.1 Å². The van der Waals surface area contributed by atoms with E-state index >= 15 is 0 Å². The van der Waals surface area contributed by atoms with Crippen molar-refractivity contribution in [2.24, 2.45) is 0 Å². The SMILES string of the molecule is C=C(C(=O)[c-]1cccc1)[c-]1cccc1.[Fe].[Fe].[cH-]1[cH-][cH-][cH-][cH-]1.c1cc[cH-]c1. The van der Waals surface area contributed by atoms with Gasteiger partial charge in [0.25, 0.3) is 0 Å². The molecule has 0 heterocycles. The zero-order valence-corrected chi connectivity index (χ0v) is 16.4. The first kappa shape index (κ1) is 23.8. The van der Waals surface area contributed by atoms with E-state index in [4.69, 9.17) is 0 Å². The van der Waals surface area contributed by atoms with Crippen molar-refractivity contribution in [2.45, 2.75) is 0 Å². The van der Waals surface area contributed by atoms with Gasteiger partial charge in [0.15, 0.2) is 0 Å². The van der Waals surface area contributed by atoms with Gasteiger partial charge in [0.2, 0.25) is 0 Å². The van der Waals surface area contributed by atoms with E-state index in [-0.39, 0.29) is 39.9 Å². The molecule has 0 saturated heterocycles. The van der Waals surface area contributed by atoms with Gasteiger partial charge in [-0.25, -0.2) is 12.1 Å². The first-order chi connectivity index (χ1) is 11.8. The summed E-state index contributed by atoms with van der Waals surface area (Å²) in [5.74, 6) is 0.00111. The van der Waals surface area contributed by atoms with Gasteiger partial charge in [-0.05, 0) is 0 Å². The van der Waals surface area contributed by atoms with Crippen molar-refractivity contribution in [2.75, 3.05) is 0 Å². The molecule has 142 valence electrons. The van der Waals surface area contributed by atoms with Gasteiger partial charge in [0, 0.05) is 39.9 Å². The number of ketones is 1. The molecule has 0 fully saturated rings. The largest absolute Gasteiger partial charge is 0.748 e. The molecule has 3 heteroatoms. The van der Waals surface area contributed by atoms with Crippen LogP contribution in [0.5, 0.6) is 0 Å². The van der Waals surface area contributed by atoms with E-state index in [9.17, 15) is 4.79 Å². The maximum absolute atomic E-state index is 11.8. The Bertz CT molecular complexity index is 670. The summed E-state index contributed by atoms with van der Waals surface area (Å²) in [4.78, 5) is 11.8. The molecule has 0 aliphatic rings. The Balaban J connectivity index is 0.000000432. The minimum absolute atomic E-state index is 0. The quantitative estimate of drug-likeness (QED) is 0.175. The van der Waals surface area contributed by atoms with Crippen LogP contribution in [0.3, 0.4) is 0 Å². The molecule has 0 aliphatic heterocycles. The Morgan fingerprint density at radius 1 is 0.654 bits per heavy atom. The van der Waals surface area contributed by atoms with Crippen molar-refractivity contribution >= 4 is 11.4 Å². The van der Waals surface area contributed by atoms with E-state index in [2.05, 4.69) is 6.58 Å². The van der Waals surface area contributed by atoms with Crippen molar-refractivity contribution in [3.05, 3.63) is 127 Å². The van der Waals surface area contributed by atoms with Crippen LogP contribution in [-0.4, -0.2) is 5.78 Å². The van der Waals surface area contributed by atoms with Gasteiger partial charge in [-0.3, -0.25) is 0 Å². The maximum atomic E-state index is 11.8. The Labute approximate surface area is 176 Å². The van der Waals surface area contributed by atoms with Gasteiger partial charge < -0.3 is 35.1 Å². The van der Waals surface area contributed by atoms with Crippen LogP contribution in [-0.2, 0) is 34.1 Å². The molecule has 0 spiro atoms. The molecule has 0 aliphatic carbocycles. The third-order valence-corrected chi connectivity index (χ3v) is 3.32. The van der Waals surface area contributed by atoms with Gasteiger partial charge in [0.05, 0.1) is 0 Å². The van der Waals surface area contributed by atoms with Gasteiger partial charge in [-0.1, -0.05) is 0 Å². The molecule has 0 saturated carbocycles. The van der Waals surface area contributed by atoms with Crippen LogP contribution in [0.2, 0.25) is 0 Å². The summed E-state index contributed by atoms with van der Waals surface area (Å²) in [7, 11) is 0. The van der Waals surface area contributed by atoms with E-state index in [1.165, 1.54) is 0 Å². The molecule has 1 nitrogen and oxygen atoms in total. The summed E-state index contributed by atoms with van der Waals surface area (Å²) >= 11 is 0. The van der Waals surface area contributed by atoms with E-state index < -0.39 is 0 Å². The van der Waals surface area contributed by atoms with Crippen LogP contribution in [0.25, 0.3) is 5.57 Å². The van der Waals surface area contributed by atoms with Gasteiger partial charge >= 0.3 is 0 Å². The van der Waals surface area contributed by atoms with Gasteiger partial charge in [-0.15, -0.1) is 23.3 Å². The number of carbonyl (C=O) groups is 1. The Morgan fingerprint density at radius 2 is 1.04 bits per heavy atom. The van der Waals surface area contributed by atoms with Crippen LogP contribution < -0.4 is 0 Å². The monoisotopic (exact) mass is 424 g/mol. The summed E-state index contributed by atoms with van der Waals surface area (Å²) in [6.45, 7) is 3.80. The second-order valence-electron chi connectivity index (χ2n) is 5.08. The Hall–Kier alpha value is -2.15. The van der Waals surface area contributed by atoms with Crippen LogP contribution in [0.4, 0.5) is 0 Å². The van der Waals surface area contributed by atoms with Crippen molar-refractivity contribution in [1.82, 2.24) is 0 Å². The van der Waals surface area contributed by atoms with Crippen LogP contribution in [0, 0.1) is 0 Å². The van der Waals surface area contributed by atoms with Crippen LogP contribution in [0.15, 0.2) is 116 Å². The van der Waals surface area contributed by atoms with Crippen LogP contribution >= 0.6 is 0 Å². The average Bonchev–Trinajstić information content (AvgIpc) is 3.41. The first-order valence-corrected chi connectivity index (χ1v) is 7.80. The molecule has 26 heavy (non-hydrogen) atoms. The predicted octanol–water partition coefficient (Wildman–Crippen LogP) is 5.83. The molecular formula is C23H20Fe2O-8. The Kier molecular flexibility index (Phi) is 12.9. The smallest absolute Gasteiger partial charge is 0.0443 e. The number of hydrogen-bond acceptors (Lipinski definition) is 1. The third kappa shape index (κ3) is 8.29. The average molecular weight is 424 g/mol. The number of hydrogen-bond donors (Lipinski definition) is 0. The molecule has 0 bridgehead atoms. The summed E-state index contributed by atoms with van der Waals surface area (Å²) in [6, 6.07) is 34.9. The van der Waals surface area contributed by atoms with Crippen molar-refractivity contribution in [1.29, 1.82) is 0 Å². The minimum atomic E-state index is 0. The molecule has 0 unspecified atom stereocenters. The fraction of sp³-hybridized carbons (Fsp3) is 0. The molecule has 4 aromatic rings. The summed E-state index contributed by atoms with van der Waals surface area (Å²) < 4.78 is 0. The molecule has 0 atom stereocenters. The second-order valence-corrected chi connectivity index (χ2v) is 5.08.